The van der Waals surface area contributed by atoms with E-state index >= 15 is 0 Å². The first kappa shape index (κ1) is 28.7. The molecule has 6 nitrogen and oxygen atoms in total. The van der Waals surface area contributed by atoms with Crippen molar-refractivity contribution in [3.63, 3.8) is 0 Å². The first-order valence-electron chi connectivity index (χ1n) is 15.0. The van der Waals surface area contributed by atoms with Gasteiger partial charge in [0.1, 0.15) is 17.2 Å². The molecule has 0 radical (unpaired) electrons. The van der Waals surface area contributed by atoms with Gasteiger partial charge in [-0.05, 0) is 59.3 Å². The van der Waals surface area contributed by atoms with Crippen molar-refractivity contribution in [1.82, 2.24) is 14.5 Å². The Bertz CT molecular complexity index is 2470. The summed E-state index contributed by atoms with van der Waals surface area (Å²) >= 11 is 0. The zero-order chi connectivity index (χ0) is 30.5. The first-order valence-corrected chi connectivity index (χ1v) is 15.0. The van der Waals surface area contributed by atoms with Crippen molar-refractivity contribution in [2.75, 3.05) is 4.90 Å². The van der Waals surface area contributed by atoms with E-state index in [1.807, 2.05) is 97.1 Å². The Morgan fingerprint density at radius 1 is 0.617 bits per heavy atom. The quantitative estimate of drug-likeness (QED) is 0.157. The van der Waals surface area contributed by atoms with Gasteiger partial charge in [0.15, 0.2) is 0 Å². The number of rotatable bonds is 6. The van der Waals surface area contributed by atoms with Crippen LogP contribution in [-0.4, -0.2) is 14.5 Å². The third-order valence-electron chi connectivity index (χ3n) is 8.13. The molecule has 0 aliphatic carbocycles. The van der Waals surface area contributed by atoms with Crippen molar-refractivity contribution in [1.29, 1.82) is 0 Å². The fraction of sp³-hybridized carbons (Fsp3) is 0. The van der Waals surface area contributed by atoms with Gasteiger partial charge >= 0.3 is 21.1 Å². The molecule has 9 aromatic rings. The second-order valence-corrected chi connectivity index (χ2v) is 10.9. The second kappa shape index (κ2) is 11.9. The molecule has 0 N–H and O–H groups in total. The second-order valence-electron chi connectivity index (χ2n) is 10.9. The molecule has 0 unspecified atom stereocenters. The number of furan rings is 1. The van der Waals surface area contributed by atoms with Crippen molar-refractivity contribution in [3.8, 4) is 17.3 Å². The summed E-state index contributed by atoms with van der Waals surface area (Å²) in [6.07, 6.45) is 3.59. The predicted molar refractivity (Wildman–Crippen MR) is 183 cm³/mol. The van der Waals surface area contributed by atoms with Crippen LogP contribution >= 0.6 is 0 Å². The zero-order valence-electron chi connectivity index (χ0n) is 24.8. The van der Waals surface area contributed by atoms with E-state index in [1.165, 1.54) is 0 Å². The molecule has 0 spiro atoms. The summed E-state index contributed by atoms with van der Waals surface area (Å²) in [7, 11) is 0. The standard InChI is InChI=1S/C40H24N4O2.Pt/c1-2-12-27(13-3-1)43(38-18-8-10-22-41-38)35-25-29(26-37-40(35)32-15-5-7-17-36(32)46-37)45-28-20-21-31-30-14-4-6-16-33(30)44(34(31)24-28)39-19-9-11-23-42-39;/h1-23,26H;/q-2;+2. The number of benzene rings is 5. The minimum atomic E-state index is 0. The van der Waals surface area contributed by atoms with Crippen molar-refractivity contribution < 1.29 is 30.2 Å². The Kier molecular flexibility index (Phi) is 7.28. The van der Waals surface area contributed by atoms with Gasteiger partial charge in [0, 0.05) is 40.7 Å². The average molecular weight is 788 g/mol. The summed E-state index contributed by atoms with van der Waals surface area (Å²) in [5.74, 6) is 2.61. The molecular weight excluding hydrogens is 764 g/mol. The molecule has 0 fully saturated rings. The monoisotopic (exact) mass is 787 g/mol. The van der Waals surface area contributed by atoms with Gasteiger partial charge in [0.05, 0.1) is 0 Å². The van der Waals surface area contributed by atoms with Gasteiger partial charge in [0.25, 0.3) is 0 Å². The van der Waals surface area contributed by atoms with Crippen LogP contribution in [0.25, 0.3) is 49.6 Å². The van der Waals surface area contributed by atoms with Gasteiger partial charge in [0.2, 0.25) is 0 Å². The third kappa shape index (κ3) is 4.94. The van der Waals surface area contributed by atoms with Crippen molar-refractivity contribution >= 4 is 60.9 Å². The third-order valence-corrected chi connectivity index (χ3v) is 8.13. The molecule has 4 heterocycles. The molecule has 9 rings (SSSR count). The molecule has 0 bridgehead atoms. The summed E-state index contributed by atoms with van der Waals surface area (Å²) in [4.78, 5) is 11.5. The Morgan fingerprint density at radius 3 is 2.17 bits per heavy atom. The van der Waals surface area contributed by atoms with Crippen LogP contribution in [0.2, 0.25) is 0 Å². The number of anilines is 3. The molecule has 5 aromatic carbocycles. The van der Waals surface area contributed by atoms with Crippen LogP contribution in [0.5, 0.6) is 11.5 Å². The van der Waals surface area contributed by atoms with E-state index in [2.05, 4.69) is 63.0 Å². The van der Waals surface area contributed by atoms with Gasteiger partial charge in [-0.2, -0.15) is 6.07 Å². The van der Waals surface area contributed by atoms with Crippen LogP contribution < -0.4 is 9.64 Å². The number of hydrogen-bond donors (Lipinski definition) is 0. The van der Waals surface area contributed by atoms with Gasteiger partial charge in [-0.15, -0.1) is 23.6 Å². The van der Waals surface area contributed by atoms with Crippen LogP contribution in [0.1, 0.15) is 0 Å². The minimum absolute atomic E-state index is 0. The molecule has 0 amide bonds. The number of aromatic nitrogens is 3. The maximum Gasteiger partial charge on any atom is 2.00 e. The summed E-state index contributed by atoms with van der Waals surface area (Å²) in [6, 6.07) is 51.3. The van der Waals surface area contributed by atoms with Crippen molar-refractivity contribution in [2.45, 2.75) is 0 Å². The van der Waals surface area contributed by atoms with Crippen molar-refractivity contribution in [3.05, 3.63) is 158 Å². The van der Waals surface area contributed by atoms with E-state index in [4.69, 9.17) is 14.1 Å². The number of para-hydroxylation sites is 3. The van der Waals surface area contributed by atoms with E-state index < -0.39 is 0 Å². The van der Waals surface area contributed by atoms with Crippen LogP contribution in [0.4, 0.5) is 17.2 Å². The number of fused-ring (bicyclic) bond motifs is 6. The van der Waals surface area contributed by atoms with E-state index in [0.29, 0.717) is 17.1 Å². The zero-order valence-corrected chi connectivity index (χ0v) is 27.1. The molecule has 226 valence electrons. The van der Waals surface area contributed by atoms with E-state index in [1.54, 1.807) is 12.4 Å². The Hall–Kier alpha value is -5.71. The molecule has 0 aliphatic rings. The molecule has 4 aromatic heterocycles. The molecular formula is C40H24N4O2Pt. The minimum Gasteiger partial charge on any atom is -0.509 e. The van der Waals surface area contributed by atoms with Crippen molar-refractivity contribution in [2.24, 2.45) is 0 Å². The first-order chi connectivity index (χ1) is 22.8. The summed E-state index contributed by atoms with van der Waals surface area (Å²) in [5.41, 5.74) is 5.11. The van der Waals surface area contributed by atoms with E-state index in [0.717, 1.165) is 61.2 Å². The van der Waals surface area contributed by atoms with Gasteiger partial charge in [-0.3, -0.25) is 0 Å². The normalized spacial score (nSPS) is 11.2. The smallest absolute Gasteiger partial charge is 0.509 e. The molecule has 0 saturated carbocycles. The molecule has 0 aliphatic heterocycles. The SMILES string of the molecule is [Pt+2].[c-]1c(Oc2[c-]c3c(cc2)c2ccccc2n3-c2ccccn2)cc2oc3ccccc3c2c1N(c1ccccc1)c1ccccn1. The Labute approximate surface area is 284 Å². The van der Waals surface area contributed by atoms with Gasteiger partial charge in [-0.25, -0.2) is 9.97 Å². The molecule has 47 heavy (non-hydrogen) atoms. The number of nitrogens with zero attached hydrogens (tertiary/aromatic N) is 4. The molecule has 0 atom stereocenters. The van der Waals surface area contributed by atoms with Crippen LogP contribution in [0, 0.1) is 12.1 Å². The largest absolute Gasteiger partial charge is 2.00 e. The maximum absolute atomic E-state index is 6.59. The van der Waals surface area contributed by atoms with Crippen LogP contribution in [0.15, 0.2) is 150 Å². The number of ether oxygens (including phenoxy) is 1. The summed E-state index contributed by atoms with van der Waals surface area (Å²) in [5, 5.41) is 4.10. The van der Waals surface area contributed by atoms with Gasteiger partial charge < -0.3 is 18.6 Å². The topological polar surface area (TPSA) is 56.3 Å². The summed E-state index contributed by atoms with van der Waals surface area (Å²) < 4.78 is 15.1. The Morgan fingerprint density at radius 2 is 1.36 bits per heavy atom. The average Bonchev–Trinajstić information content (AvgIpc) is 3.65. The number of hydrogen-bond acceptors (Lipinski definition) is 5. The maximum atomic E-state index is 6.59. The van der Waals surface area contributed by atoms with Crippen LogP contribution in [0.3, 0.4) is 0 Å². The van der Waals surface area contributed by atoms with E-state index in [9.17, 15) is 0 Å². The molecule has 7 heteroatoms. The molecule has 0 saturated heterocycles. The van der Waals surface area contributed by atoms with Gasteiger partial charge in [-0.1, -0.05) is 89.4 Å². The summed E-state index contributed by atoms with van der Waals surface area (Å²) in [6.45, 7) is 0. The van der Waals surface area contributed by atoms with Crippen LogP contribution in [-0.2, 0) is 21.1 Å². The fourth-order valence-corrected chi connectivity index (χ4v) is 6.18. The fourth-order valence-electron chi connectivity index (χ4n) is 6.18. The number of pyridine rings is 2. The predicted octanol–water partition coefficient (Wildman–Crippen LogP) is 10.3. The Balaban J connectivity index is 0.00000324. The van der Waals surface area contributed by atoms with E-state index in [-0.39, 0.29) is 21.1 Å².